The molecule has 90 valence electrons. The average Bonchev–Trinajstić information content (AvgIpc) is 2.86. The number of fused-ring (bicyclic) bond motifs is 1. The van der Waals surface area contributed by atoms with Gasteiger partial charge in [-0.05, 0) is 22.4 Å². The number of nitrogens with zero attached hydrogens (tertiary/aromatic N) is 2. The van der Waals surface area contributed by atoms with Crippen LogP contribution >= 0.6 is 0 Å². The molecular weight excluding hydrogens is 224 g/mol. The fourth-order valence-electron chi connectivity index (χ4n) is 2.10. The first-order chi connectivity index (χ1) is 8.85. The molecule has 3 aromatic rings. The third kappa shape index (κ3) is 2.13. The minimum Gasteiger partial charge on any atom is -0.392 e. The molecule has 18 heavy (non-hydrogen) atoms. The standard InChI is InChI=1S/C15H14N2O/c18-11-13-8-16-17(10-13)9-12-5-6-14-3-1-2-4-15(14)7-12/h1-8,10,18H,9,11H2. The van der Waals surface area contributed by atoms with Crippen molar-refractivity contribution in [2.45, 2.75) is 13.2 Å². The van der Waals surface area contributed by atoms with Crippen LogP contribution in [0.1, 0.15) is 11.1 Å². The molecule has 0 aliphatic rings. The molecule has 0 unspecified atom stereocenters. The van der Waals surface area contributed by atoms with Crippen molar-refractivity contribution in [2.75, 3.05) is 0 Å². The highest BCUT2D eigenvalue weighted by atomic mass is 16.3. The number of aromatic nitrogens is 2. The van der Waals surface area contributed by atoms with Crippen molar-refractivity contribution in [1.82, 2.24) is 9.78 Å². The fraction of sp³-hybridized carbons (Fsp3) is 0.133. The first-order valence-electron chi connectivity index (χ1n) is 5.95. The van der Waals surface area contributed by atoms with Gasteiger partial charge in [0.05, 0.1) is 19.3 Å². The van der Waals surface area contributed by atoms with Crippen LogP contribution < -0.4 is 0 Å². The van der Waals surface area contributed by atoms with E-state index in [1.807, 2.05) is 23.0 Å². The van der Waals surface area contributed by atoms with E-state index < -0.39 is 0 Å². The zero-order chi connectivity index (χ0) is 12.4. The summed E-state index contributed by atoms with van der Waals surface area (Å²) in [6, 6.07) is 14.7. The molecule has 2 aromatic carbocycles. The summed E-state index contributed by atoms with van der Waals surface area (Å²) in [4.78, 5) is 0. The Morgan fingerprint density at radius 2 is 1.83 bits per heavy atom. The van der Waals surface area contributed by atoms with Gasteiger partial charge in [0.2, 0.25) is 0 Å². The molecule has 0 amide bonds. The minimum atomic E-state index is 0.0394. The van der Waals surface area contributed by atoms with Crippen LogP contribution in [0.5, 0.6) is 0 Å². The molecule has 3 rings (SSSR count). The molecule has 0 aliphatic carbocycles. The Balaban J connectivity index is 1.90. The van der Waals surface area contributed by atoms with Gasteiger partial charge in [-0.3, -0.25) is 4.68 Å². The van der Waals surface area contributed by atoms with E-state index in [0.717, 1.165) is 12.1 Å². The van der Waals surface area contributed by atoms with Crippen LogP contribution in [-0.2, 0) is 13.2 Å². The molecule has 0 saturated heterocycles. The quantitative estimate of drug-likeness (QED) is 0.761. The monoisotopic (exact) mass is 238 g/mol. The molecule has 0 saturated carbocycles. The van der Waals surface area contributed by atoms with Gasteiger partial charge in [0.15, 0.2) is 0 Å². The second-order valence-electron chi connectivity index (χ2n) is 4.39. The molecule has 0 aliphatic heterocycles. The second kappa shape index (κ2) is 4.63. The first-order valence-corrected chi connectivity index (χ1v) is 5.95. The van der Waals surface area contributed by atoms with E-state index in [-0.39, 0.29) is 6.61 Å². The fourth-order valence-corrected chi connectivity index (χ4v) is 2.10. The summed E-state index contributed by atoms with van der Waals surface area (Å²) in [6.45, 7) is 0.766. The molecule has 3 heteroatoms. The Hall–Kier alpha value is -2.13. The van der Waals surface area contributed by atoms with Crippen LogP contribution in [0.4, 0.5) is 0 Å². The largest absolute Gasteiger partial charge is 0.392 e. The third-order valence-electron chi connectivity index (χ3n) is 3.03. The SMILES string of the molecule is OCc1cnn(Cc2ccc3ccccc3c2)c1. The second-order valence-corrected chi connectivity index (χ2v) is 4.39. The summed E-state index contributed by atoms with van der Waals surface area (Å²) in [5, 5.41) is 15.7. The van der Waals surface area contributed by atoms with Crippen molar-refractivity contribution < 1.29 is 5.11 Å². The van der Waals surface area contributed by atoms with Crippen molar-refractivity contribution in [3.8, 4) is 0 Å². The van der Waals surface area contributed by atoms with Crippen LogP contribution in [-0.4, -0.2) is 14.9 Å². The van der Waals surface area contributed by atoms with Gasteiger partial charge < -0.3 is 5.11 Å². The Labute approximate surface area is 105 Å². The Morgan fingerprint density at radius 3 is 2.61 bits per heavy atom. The summed E-state index contributed by atoms with van der Waals surface area (Å²) in [5.41, 5.74) is 2.05. The highest BCUT2D eigenvalue weighted by Gasteiger charge is 2.00. The van der Waals surface area contributed by atoms with Crippen molar-refractivity contribution in [3.05, 3.63) is 66.0 Å². The van der Waals surface area contributed by atoms with E-state index in [1.54, 1.807) is 6.20 Å². The molecular formula is C15H14N2O. The highest BCUT2D eigenvalue weighted by molar-refractivity contribution is 5.82. The lowest BCUT2D eigenvalue weighted by Crippen LogP contribution is -1.99. The van der Waals surface area contributed by atoms with Gasteiger partial charge in [0, 0.05) is 11.8 Å². The zero-order valence-electron chi connectivity index (χ0n) is 9.95. The van der Waals surface area contributed by atoms with E-state index in [4.69, 9.17) is 5.11 Å². The number of hydrogen-bond donors (Lipinski definition) is 1. The van der Waals surface area contributed by atoms with Crippen molar-refractivity contribution >= 4 is 10.8 Å². The number of hydrogen-bond acceptors (Lipinski definition) is 2. The normalized spacial score (nSPS) is 10.9. The zero-order valence-corrected chi connectivity index (χ0v) is 9.95. The summed E-state index contributed by atoms with van der Waals surface area (Å²) in [7, 11) is 0. The molecule has 1 heterocycles. The van der Waals surface area contributed by atoms with Crippen molar-refractivity contribution in [2.24, 2.45) is 0 Å². The average molecular weight is 238 g/mol. The predicted octanol–water partition coefficient (Wildman–Crippen LogP) is 2.58. The molecule has 0 fully saturated rings. The maximum Gasteiger partial charge on any atom is 0.0712 e. The Kier molecular flexibility index (Phi) is 2.82. The van der Waals surface area contributed by atoms with Gasteiger partial charge in [0.25, 0.3) is 0 Å². The van der Waals surface area contributed by atoms with Gasteiger partial charge in [0.1, 0.15) is 0 Å². The molecule has 0 bridgehead atoms. The van der Waals surface area contributed by atoms with Crippen LogP contribution in [0.2, 0.25) is 0 Å². The van der Waals surface area contributed by atoms with E-state index in [2.05, 4.69) is 35.4 Å². The maximum atomic E-state index is 9.01. The van der Waals surface area contributed by atoms with Crippen LogP contribution in [0.15, 0.2) is 54.9 Å². The first kappa shape index (κ1) is 11.0. The summed E-state index contributed by atoms with van der Waals surface area (Å²) < 4.78 is 1.84. The van der Waals surface area contributed by atoms with E-state index >= 15 is 0 Å². The third-order valence-corrected chi connectivity index (χ3v) is 3.03. The van der Waals surface area contributed by atoms with Gasteiger partial charge >= 0.3 is 0 Å². The highest BCUT2D eigenvalue weighted by Crippen LogP contribution is 2.16. The number of aliphatic hydroxyl groups excluding tert-OH is 1. The van der Waals surface area contributed by atoms with Crippen molar-refractivity contribution in [3.63, 3.8) is 0 Å². The van der Waals surface area contributed by atoms with Crippen LogP contribution in [0.3, 0.4) is 0 Å². The number of rotatable bonds is 3. The Morgan fingerprint density at radius 1 is 1.00 bits per heavy atom. The number of aliphatic hydroxyl groups is 1. The smallest absolute Gasteiger partial charge is 0.0712 e. The lowest BCUT2D eigenvalue weighted by Gasteiger charge is -2.04. The lowest BCUT2D eigenvalue weighted by molar-refractivity contribution is 0.281. The molecule has 3 nitrogen and oxygen atoms in total. The van der Waals surface area contributed by atoms with Gasteiger partial charge in [-0.15, -0.1) is 0 Å². The van der Waals surface area contributed by atoms with Gasteiger partial charge in [-0.25, -0.2) is 0 Å². The van der Waals surface area contributed by atoms with Gasteiger partial charge in [-0.2, -0.15) is 5.10 Å². The lowest BCUT2D eigenvalue weighted by atomic mass is 10.1. The Bertz CT molecular complexity index is 673. The summed E-state index contributed by atoms with van der Waals surface area (Å²) in [6.07, 6.45) is 3.57. The molecule has 0 radical (unpaired) electrons. The van der Waals surface area contributed by atoms with E-state index in [1.165, 1.54) is 16.3 Å². The summed E-state index contributed by atoms with van der Waals surface area (Å²) in [5.74, 6) is 0. The van der Waals surface area contributed by atoms with Crippen LogP contribution in [0.25, 0.3) is 10.8 Å². The maximum absolute atomic E-state index is 9.01. The summed E-state index contributed by atoms with van der Waals surface area (Å²) >= 11 is 0. The molecule has 1 N–H and O–H groups in total. The predicted molar refractivity (Wildman–Crippen MR) is 71.2 cm³/mol. The molecule has 0 spiro atoms. The molecule has 1 aromatic heterocycles. The van der Waals surface area contributed by atoms with E-state index in [0.29, 0.717) is 0 Å². The van der Waals surface area contributed by atoms with Crippen molar-refractivity contribution in [1.29, 1.82) is 0 Å². The van der Waals surface area contributed by atoms with Crippen LogP contribution in [0, 0.1) is 0 Å². The number of benzene rings is 2. The van der Waals surface area contributed by atoms with Gasteiger partial charge in [-0.1, -0.05) is 36.4 Å². The minimum absolute atomic E-state index is 0.0394. The van der Waals surface area contributed by atoms with E-state index in [9.17, 15) is 0 Å². The topological polar surface area (TPSA) is 38.1 Å². The molecule has 0 atom stereocenters.